The SMILES string of the molecule is CCc1cccc(C(=O)C2CCCC2(C)C)c1. The maximum atomic E-state index is 12.5. The summed E-state index contributed by atoms with van der Waals surface area (Å²) >= 11 is 0. The van der Waals surface area contributed by atoms with E-state index in [2.05, 4.69) is 32.9 Å². The van der Waals surface area contributed by atoms with E-state index < -0.39 is 0 Å². The second-order valence-electron chi connectivity index (χ2n) is 5.85. The first-order chi connectivity index (χ1) is 8.04. The van der Waals surface area contributed by atoms with Crippen LogP contribution in [0, 0.1) is 11.3 Å². The Balaban J connectivity index is 2.25. The van der Waals surface area contributed by atoms with Gasteiger partial charge < -0.3 is 0 Å². The van der Waals surface area contributed by atoms with E-state index in [1.165, 1.54) is 18.4 Å². The van der Waals surface area contributed by atoms with Crippen molar-refractivity contribution in [2.24, 2.45) is 11.3 Å². The molecule has 0 spiro atoms. The molecule has 1 aliphatic rings. The summed E-state index contributed by atoms with van der Waals surface area (Å²) in [7, 11) is 0. The maximum Gasteiger partial charge on any atom is 0.166 e. The summed E-state index contributed by atoms with van der Waals surface area (Å²) in [5.41, 5.74) is 2.34. The molecule has 1 saturated carbocycles. The molecule has 1 heteroatoms. The van der Waals surface area contributed by atoms with Gasteiger partial charge in [0.25, 0.3) is 0 Å². The van der Waals surface area contributed by atoms with Crippen LogP contribution in [0.5, 0.6) is 0 Å². The van der Waals surface area contributed by atoms with Gasteiger partial charge in [-0.25, -0.2) is 0 Å². The van der Waals surface area contributed by atoms with E-state index in [9.17, 15) is 4.79 Å². The average Bonchev–Trinajstić information content (AvgIpc) is 2.68. The molecule has 1 aromatic rings. The Labute approximate surface area is 104 Å². The number of Topliss-reactive ketones (excluding diaryl/α,β-unsaturated/α-hetero) is 1. The van der Waals surface area contributed by atoms with Gasteiger partial charge in [0, 0.05) is 11.5 Å². The van der Waals surface area contributed by atoms with Gasteiger partial charge in [0.2, 0.25) is 0 Å². The van der Waals surface area contributed by atoms with Gasteiger partial charge in [0.05, 0.1) is 0 Å². The number of aryl methyl sites for hydroxylation is 1. The fourth-order valence-electron chi connectivity index (χ4n) is 2.96. The number of benzene rings is 1. The van der Waals surface area contributed by atoms with E-state index in [4.69, 9.17) is 0 Å². The molecule has 0 saturated heterocycles. The molecule has 1 atom stereocenters. The molecule has 0 N–H and O–H groups in total. The number of hydrogen-bond donors (Lipinski definition) is 0. The Kier molecular flexibility index (Phi) is 3.37. The largest absolute Gasteiger partial charge is 0.294 e. The van der Waals surface area contributed by atoms with E-state index in [0.717, 1.165) is 18.4 Å². The Morgan fingerprint density at radius 1 is 1.41 bits per heavy atom. The van der Waals surface area contributed by atoms with E-state index in [1.807, 2.05) is 12.1 Å². The molecular formula is C16H22O. The van der Waals surface area contributed by atoms with E-state index in [-0.39, 0.29) is 11.3 Å². The minimum absolute atomic E-state index is 0.180. The molecule has 0 radical (unpaired) electrons. The normalized spacial score (nSPS) is 22.6. The van der Waals surface area contributed by atoms with Crippen molar-refractivity contribution in [1.29, 1.82) is 0 Å². The van der Waals surface area contributed by atoms with Crippen molar-refractivity contribution in [3.05, 3.63) is 35.4 Å². The van der Waals surface area contributed by atoms with E-state index >= 15 is 0 Å². The predicted octanol–water partition coefficient (Wildman–Crippen LogP) is 4.26. The Bertz CT molecular complexity index is 417. The van der Waals surface area contributed by atoms with Crippen LogP contribution in [0.2, 0.25) is 0 Å². The van der Waals surface area contributed by atoms with Gasteiger partial charge in [0.1, 0.15) is 0 Å². The number of hydrogen-bond acceptors (Lipinski definition) is 1. The Morgan fingerprint density at radius 3 is 2.76 bits per heavy atom. The predicted molar refractivity (Wildman–Crippen MR) is 71.3 cm³/mol. The molecule has 0 aromatic heterocycles. The van der Waals surface area contributed by atoms with Gasteiger partial charge in [-0.2, -0.15) is 0 Å². The van der Waals surface area contributed by atoms with Crippen LogP contribution >= 0.6 is 0 Å². The van der Waals surface area contributed by atoms with Crippen molar-refractivity contribution < 1.29 is 4.79 Å². The number of ketones is 1. The summed E-state index contributed by atoms with van der Waals surface area (Å²) in [6, 6.07) is 8.14. The molecule has 0 bridgehead atoms. The topological polar surface area (TPSA) is 17.1 Å². The molecule has 1 aliphatic carbocycles. The van der Waals surface area contributed by atoms with Gasteiger partial charge in [0.15, 0.2) is 5.78 Å². The summed E-state index contributed by atoms with van der Waals surface area (Å²) in [6.45, 7) is 6.58. The third kappa shape index (κ3) is 2.43. The van der Waals surface area contributed by atoms with Crippen LogP contribution in [0.15, 0.2) is 24.3 Å². The van der Waals surface area contributed by atoms with Gasteiger partial charge in [-0.1, -0.05) is 45.4 Å². The fourth-order valence-corrected chi connectivity index (χ4v) is 2.96. The number of carbonyl (C=O) groups excluding carboxylic acids is 1. The summed E-state index contributed by atoms with van der Waals surface area (Å²) in [5, 5.41) is 0. The minimum Gasteiger partial charge on any atom is -0.294 e. The summed E-state index contributed by atoms with van der Waals surface area (Å²) < 4.78 is 0. The lowest BCUT2D eigenvalue weighted by atomic mass is 9.77. The third-order valence-electron chi connectivity index (χ3n) is 4.19. The molecule has 92 valence electrons. The lowest BCUT2D eigenvalue weighted by molar-refractivity contribution is 0.0839. The standard InChI is InChI=1S/C16H22O/c1-4-12-7-5-8-13(11-12)15(17)14-9-6-10-16(14,2)3/h5,7-8,11,14H,4,6,9-10H2,1-3H3. The summed E-state index contributed by atoms with van der Waals surface area (Å²) in [6.07, 6.45) is 4.42. The van der Waals surface area contributed by atoms with E-state index in [0.29, 0.717) is 5.78 Å². The second-order valence-corrected chi connectivity index (χ2v) is 5.85. The first kappa shape index (κ1) is 12.3. The van der Waals surface area contributed by atoms with Crippen molar-refractivity contribution >= 4 is 5.78 Å². The highest BCUT2D eigenvalue weighted by molar-refractivity contribution is 5.98. The smallest absolute Gasteiger partial charge is 0.166 e. The minimum atomic E-state index is 0.180. The highest BCUT2D eigenvalue weighted by Gasteiger charge is 2.39. The molecule has 1 unspecified atom stereocenters. The monoisotopic (exact) mass is 230 g/mol. The van der Waals surface area contributed by atoms with Crippen molar-refractivity contribution in [3.63, 3.8) is 0 Å². The molecule has 1 nitrogen and oxygen atoms in total. The lowest BCUT2D eigenvalue weighted by Crippen LogP contribution is -2.25. The summed E-state index contributed by atoms with van der Waals surface area (Å²) in [5.74, 6) is 0.567. The molecule has 0 amide bonds. The molecule has 1 fully saturated rings. The molecule has 0 aliphatic heterocycles. The lowest BCUT2D eigenvalue weighted by Gasteiger charge is -2.25. The fraction of sp³-hybridized carbons (Fsp3) is 0.562. The molecule has 17 heavy (non-hydrogen) atoms. The van der Waals surface area contributed by atoms with Crippen LogP contribution in [-0.2, 0) is 6.42 Å². The van der Waals surface area contributed by atoms with Crippen LogP contribution < -0.4 is 0 Å². The zero-order chi connectivity index (χ0) is 12.5. The molecule has 2 rings (SSSR count). The van der Waals surface area contributed by atoms with Gasteiger partial charge in [-0.05, 0) is 36.3 Å². The highest BCUT2D eigenvalue weighted by Crippen LogP contribution is 2.44. The quantitative estimate of drug-likeness (QED) is 0.709. The number of carbonyl (C=O) groups is 1. The van der Waals surface area contributed by atoms with Gasteiger partial charge in [-0.15, -0.1) is 0 Å². The Morgan fingerprint density at radius 2 is 2.18 bits per heavy atom. The number of rotatable bonds is 3. The third-order valence-corrected chi connectivity index (χ3v) is 4.19. The van der Waals surface area contributed by atoms with Gasteiger partial charge in [-0.3, -0.25) is 4.79 Å². The average molecular weight is 230 g/mol. The van der Waals surface area contributed by atoms with Crippen LogP contribution in [0.1, 0.15) is 56.0 Å². The van der Waals surface area contributed by atoms with Crippen molar-refractivity contribution in [2.45, 2.75) is 46.5 Å². The summed E-state index contributed by atoms with van der Waals surface area (Å²) in [4.78, 5) is 12.5. The maximum absolute atomic E-state index is 12.5. The van der Waals surface area contributed by atoms with Crippen molar-refractivity contribution in [1.82, 2.24) is 0 Å². The zero-order valence-electron chi connectivity index (χ0n) is 11.1. The van der Waals surface area contributed by atoms with E-state index in [1.54, 1.807) is 0 Å². The Hall–Kier alpha value is -1.11. The van der Waals surface area contributed by atoms with Crippen molar-refractivity contribution in [2.75, 3.05) is 0 Å². The molecule has 0 heterocycles. The first-order valence-corrected chi connectivity index (χ1v) is 6.68. The van der Waals surface area contributed by atoms with Crippen LogP contribution in [0.3, 0.4) is 0 Å². The van der Waals surface area contributed by atoms with Crippen molar-refractivity contribution in [3.8, 4) is 0 Å². The van der Waals surface area contributed by atoms with Gasteiger partial charge >= 0.3 is 0 Å². The van der Waals surface area contributed by atoms with Crippen LogP contribution in [0.25, 0.3) is 0 Å². The highest BCUT2D eigenvalue weighted by atomic mass is 16.1. The molecular weight excluding hydrogens is 208 g/mol. The molecule has 1 aromatic carbocycles. The zero-order valence-corrected chi connectivity index (χ0v) is 11.1. The van der Waals surface area contributed by atoms with Crippen LogP contribution in [0.4, 0.5) is 0 Å². The first-order valence-electron chi connectivity index (χ1n) is 6.68. The second kappa shape index (κ2) is 4.64. The van der Waals surface area contributed by atoms with Crippen LogP contribution in [-0.4, -0.2) is 5.78 Å².